The summed E-state index contributed by atoms with van der Waals surface area (Å²) >= 11 is 2.84. The molecule has 6 rings (SSSR count). The molecule has 2 fully saturated rings. The van der Waals surface area contributed by atoms with Gasteiger partial charge in [-0.3, -0.25) is 28.8 Å². The van der Waals surface area contributed by atoms with Crippen LogP contribution in [-0.4, -0.2) is 225 Å². The van der Waals surface area contributed by atoms with Crippen molar-refractivity contribution in [3.05, 3.63) is 120 Å². The normalized spacial score (nSPS) is 22.3. The third-order valence-electron chi connectivity index (χ3n) is 14.9. The SMILES string of the molecule is CC(=O)N[C@H]1[C@H]([C@H](O)[C@H](O)CNC(=O)c2ccc(-c3ccccc3)cc2)O[C@]([C-]=O)(OCCCSCCNC(=O)C(N)CCC(=O)NCCSCCCO[C@]2(C(=O)[O-])C[C@H](O)[C@@H](NC(C)=O)[C@H]([C@H](O)[C@H](O)CNC(=O)c3ccc(-c4ccccc4)cc3)O2)C[C@@H]1O.[Na+].[Na+].[OH-]. The van der Waals surface area contributed by atoms with E-state index < -0.39 is 140 Å². The minimum absolute atomic E-state index is 0. The van der Waals surface area contributed by atoms with Crippen molar-refractivity contribution in [3.8, 4) is 22.3 Å². The molecule has 1 unspecified atom stereocenters. The summed E-state index contributed by atoms with van der Waals surface area (Å²) in [6.07, 6.45) is -12.6. The molecule has 0 bridgehead atoms. The van der Waals surface area contributed by atoms with Crippen molar-refractivity contribution in [3.63, 3.8) is 0 Å². The first-order valence-corrected chi connectivity index (χ1v) is 32.1. The maximum atomic E-state index is 13.0. The molecular weight excluding hydrogens is 1280 g/mol. The number of aliphatic hydroxyl groups is 6. The molecule has 0 spiro atoms. The number of amides is 6. The van der Waals surface area contributed by atoms with E-state index in [0.29, 0.717) is 29.4 Å². The molecule has 6 amide bonds. The minimum Gasteiger partial charge on any atom is -0.870 e. The van der Waals surface area contributed by atoms with Gasteiger partial charge in [-0.15, -0.1) is 0 Å². The van der Waals surface area contributed by atoms with Crippen LogP contribution in [0.2, 0.25) is 0 Å². The molecule has 2 aliphatic heterocycles. The fraction of sp³-hybridized carbons (Fsp3) is 0.492. The van der Waals surface area contributed by atoms with E-state index in [9.17, 15) is 74.1 Å². The molecule has 504 valence electrons. The van der Waals surface area contributed by atoms with Gasteiger partial charge >= 0.3 is 59.1 Å². The maximum absolute atomic E-state index is 13.0. The number of rotatable bonds is 36. The zero-order valence-electron chi connectivity index (χ0n) is 52.9. The largest absolute Gasteiger partial charge is 1.00 e. The molecule has 0 aliphatic carbocycles. The second-order valence-corrected chi connectivity index (χ2v) is 24.3. The first-order chi connectivity index (χ1) is 43.5. The van der Waals surface area contributed by atoms with Crippen molar-refractivity contribution < 1.29 is 158 Å². The Morgan fingerprint density at radius 2 is 1.04 bits per heavy atom. The first-order valence-electron chi connectivity index (χ1n) is 29.8. The molecule has 0 aromatic heterocycles. The number of aliphatic carboxylic acids is 1. The fourth-order valence-electron chi connectivity index (χ4n) is 10.1. The van der Waals surface area contributed by atoms with E-state index in [2.05, 4.69) is 31.9 Å². The van der Waals surface area contributed by atoms with Crippen LogP contribution in [0.1, 0.15) is 73.1 Å². The Bertz CT molecular complexity index is 3010. The average Bonchev–Trinajstić information content (AvgIpc) is 0.794. The van der Waals surface area contributed by atoms with E-state index in [1.807, 2.05) is 60.7 Å². The molecule has 2 heterocycles. The Morgan fingerprint density at radius 1 is 0.617 bits per heavy atom. The van der Waals surface area contributed by atoms with Crippen LogP contribution in [0, 0.1) is 0 Å². The molecule has 94 heavy (non-hydrogen) atoms. The number of hydrogen-bond acceptors (Lipinski definition) is 23. The molecule has 4 aromatic carbocycles. The van der Waals surface area contributed by atoms with Gasteiger partial charge in [-0.2, -0.15) is 23.5 Å². The fourth-order valence-corrected chi connectivity index (χ4v) is 11.6. The Hall–Kier alpha value is -4.94. The van der Waals surface area contributed by atoms with E-state index >= 15 is 0 Å². The monoisotopic (exact) mass is 1370 g/mol. The predicted octanol–water partition coefficient (Wildman–Crippen LogP) is -7.36. The standard InChI is InChI=1S/C63H82N7O19S2.2Na.H2O/c1-38(72)69-52-47(74)33-62(37-71,88-56(52)54(79)49(76)35-67-58(81)44-19-15-42(16-20-44)40-11-5-3-6-12-40)86-27-9-29-91-32-26-66-60(83)46(64)23-24-51(78)65-25-31-90-30-10-28-87-63(61(84)85)34-48(75)53(70-39(2)73)57(89-63)55(80)50(77)36-68-59(82)45-21-17-43(18-22-45)41-13-7-4-8-14-41;;;/h3-8,11-22,46-50,52-57,74-77,79-80H,9-10,23-36,64H2,1-2H3,(H,65,78)(H,66,83)(H,67,81)(H,68,82)(H,69,72)(H,70,73)(H,84,85);;;1H2/q-1;2*+1;/p-2/t46?,47-,48-,49+,50+,52+,53+,54+,55+,56+,57+,62+,63+;;;/m0.../s1. The van der Waals surface area contributed by atoms with Crippen LogP contribution in [0.25, 0.3) is 22.3 Å². The number of ether oxygens (including phenoxy) is 4. The van der Waals surface area contributed by atoms with Gasteiger partial charge in [-0.05, 0) is 77.3 Å². The van der Waals surface area contributed by atoms with Crippen LogP contribution in [0.4, 0.5) is 0 Å². The quantitative estimate of drug-likeness (QED) is 0.0114. The minimum atomic E-state index is -2.60. The molecule has 0 saturated carbocycles. The van der Waals surface area contributed by atoms with Crippen LogP contribution in [0.15, 0.2) is 109 Å². The van der Waals surface area contributed by atoms with Crippen LogP contribution < -0.4 is 102 Å². The van der Waals surface area contributed by atoms with Gasteiger partial charge in [0.15, 0.2) is 0 Å². The average molecular weight is 1370 g/mol. The molecule has 2 saturated heterocycles. The van der Waals surface area contributed by atoms with Crippen molar-refractivity contribution in [2.75, 3.05) is 62.4 Å². The smallest absolute Gasteiger partial charge is 0.870 e. The third-order valence-corrected chi connectivity index (χ3v) is 17.1. The number of carboxylic acids is 1. The molecule has 4 aromatic rings. The van der Waals surface area contributed by atoms with Crippen molar-refractivity contribution in [1.29, 1.82) is 0 Å². The zero-order chi connectivity index (χ0) is 66.1. The van der Waals surface area contributed by atoms with Gasteiger partial charge in [0, 0.05) is 88.5 Å². The predicted molar refractivity (Wildman–Crippen MR) is 336 cm³/mol. The number of benzene rings is 4. The number of carbonyl (C=O) groups excluding carboxylic acids is 8. The topological polar surface area (TPSA) is 446 Å². The number of hydrogen-bond donors (Lipinski definition) is 13. The number of carboxylic acid groups (broad SMARTS) is 1. The summed E-state index contributed by atoms with van der Waals surface area (Å²) < 4.78 is 23.1. The summed E-state index contributed by atoms with van der Waals surface area (Å²) in [6, 6.07) is 28.8. The maximum Gasteiger partial charge on any atom is 1.00 e. The molecule has 27 nitrogen and oxygen atoms in total. The summed E-state index contributed by atoms with van der Waals surface area (Å²) in [5.41, 5.74) is 10.3. The van der Waals surface area contributed by atoms with Gasteiger partial charge in [-0.25, -0.2) is 6.29 Å². The van der Waals surface area contributed by atoms with E-state index in [4.69, 9.17) is 24.7 Å². The van der Waals surface area contributed by atoms with Gasteiger partial charge in [0.2, 0.25) is 29.4 Å². The molecular formula is C63H82N7Na2O20S2-. The van der Waals surface area contributed by atoms with Crippen LogP contribution in [0.5, 0.6) is 0 Å². The van der Waals surface area contributed by atoms with Gasteiger partial charge in [0.05, 0.1) is 54.9 Å². The Balaban J connectivity index is 0.00000768. The molecule has 13 atom stereocenters. The number of nitrogens with one attached hydrogen (secondary N) is 6. The second kappa shape index (κ2) is 42.0. The van der Waals surface area contributed by atoms with Crippen LogP contribution in [-0.2, 0) is 47.7 Å². The summed E-state index contributed by atoms with van der Waals surface area (Å²) in [6.45, 7) is 1.53. The van der Waals surface area contributed by atoms with Gasteiger partial charge in [-0.1, -0.05) is 84.9 Å². The number of thioether (sulfide) groups is 2. The third kappa shape index (κ3) is 25.5. The molecule has 0 radical (unpaired) electrons. The summed E-state index contributed by atoms with van der Waals surface area (Å²) in [4.78, 5) is 100. The molecule has 2 aliphatic rings. The van der Waals surface area contributed by atoms with Gasteiger partial charge in [0.25, 0.3) is 11.8 Å². The molecule has 15 N–H and O–H groups in total. The number of nitrogens with two attached hydrogens (primary N) is 1. The van der Waals surface area contributed by atoms with Gasteiger partial charge < -0.3 is 107 Å². The van der Waals surface area contributed by atoms with Crippen molar-refractivity contribution in [2.24, 2.45) is 5.73 Å². The van der Waals surface area contributed by atoms with Crippen LogP contribution >= 0.6 is 23.5 Å². The Labute approximate surface area is 597 Å². The van der Waals surface area contributed by atoms with E-state index in [0.717, 1.165) is 29.2 Å². The van der Waals surface area contributed by atoms with Crippen molar-refractivity contribution >= 4 is 71.2 Å². The van der Waals surface area contributed by atoms with Crippen molar-refractivity contribution in [1.82, 2.24) is 31.9 Å². The number of carbonyl (C=O) groups is 7. The molecule has 31 heteroatoms. The summed E-state index contributed by atoms with van der Waals surface area (Å²) in [7, 11) is 0. The Kier molecular flexibility index (Phi) is 37.2. The van der Waals surface area contributed by atoms with E-state index in [1.54, 1.807) is 54.8 Å². The zero-order valence-corrected chi connectivity index (χ0v) is 58.5. The van der Waals surface area contributed by atoms with Crippen LogP contribution in [0.3, 0.4) is 0 Å². The summed E-state index contributed by atoms with van der Waals surface area (Å²) in [5.74, 6) is -8.00. The van der Waals surface area contributed by atoms with Gasteiger partial charge in [0.1, 0.15) is 30.4 Å². The summed E-state index contributed by atoms with van der Waals surface area (Å²) in [5, 5.41) is 94.7. The van der Waals surface area contributed by atoms with E-state index in [1.165, 1.54) is 30.4 Å². The first kappa shape index (κ1) is 83.3. The van der Waals surface area contributed by atoms with Crippen molar-refractivity contribution in [2.45, 2.75) is 131 Å². The number of aliphatic hydroxyl groups excluding tert-OH is 6. The Morgan fingerprint density at radius 3 is 1.49 bits per heavy atom. The van der Waals surface area contributed by atoms with E-state index in [-0.39, 0.29) is 127 Å². The second-order valence-electron chi connectivity index (χ2n) is 21.9.